The van der Waals surface area contributed by atoms with Crippen LogP contribution in [-0.2, 0) is 4.74 Å². The van der Waals surface area contributed by atoms with Crippen molar-refractivity contribution in [1.29, 1.82) is 0 Å². The number of ether oxygens (including phenoxy) is 1. The Balaban J connectivity index is 2.26. The van der Waals surface area contributed by atoms with Gasteiger partial charge < -0.3 is 15.8 Å². The van der Waals surface area contributed by atoms with E-state index in [2.05, 4.69) is 11.9 Å². The highest BCUT2D eigenvalue weighted by Crippen LogP contribution is 2.24. The molecule has 96 valence electrons. The van der Waals surface area contributed by atoms with Crippen LogP contribution in [0.25, 0.3) is 0 Å². The molecule has 0 aliphatic heterocycles. The van der Waals surface area contributed by atoms with Gasteiger partial charge in [0, 0.05) is 23.3 Å². The van der Waals surface area contributed by atoms with Gasteiger partial charge in [0.25, 0.3) is 0 Å². The number of halogens is 1. The van der Waals surface area contributed by atoms with Crippen molar-refractivity contribution >= 4 is 22.9 Å². The molecule has 1 aromatic heterocycles. The fourth-order valence-corrected chi connectivity index (χ4v) is 2.53. The molecule has 1 unspecified atom stereocenters. The summed E-state index contributed by atoms with van der Waals surface area (Å²) in [6.45, 7) is 8.31. The van der Waals surface area contributed by atoms with E-state index >= 15 is 0 Å². The molecular formula is C12H19ClN2OS. The Morgan fingerprint density at radius 3 is 3.00 bits per heavy atom. The summed E-state index contributed by atoms with van der Waals surface area (Å²) in [6, 6.07) is 2.10. The normalized spacial score (nSPS) is 12.6. The first-order valence-electron chi connectivity index (χ1n) is 5.53. The fraction of sp³-hybridized carbons (Fsp3) is 0.500. The predicted molar refractivity (Wildman–Crippen MR) is 74.8 cm³/mol. The van der Waals surface area contributed by atoms with Gasteiger partial charge >= 0.3 is 0 Å². The molecule has 0 amide bonds. The first-order valence-corrected chi connectivity index (χ1v) is 6.78. The zero-order valence-corrected chi connectivity index (χ0v) is 11.6. The van der Waals surface area contributed by atoms with Crippen LogP contribution in [0.15, 0.2) is 23.6 Å². The maximum atomic E-state index is 5.89. The Morgan fingerprint density at radius 2 is 2.47 bits per heavy atom. The van der Waals surface area contributed by atoms with Crippen molar-refractivity contribution in [2.75, 3.05) is 26.3 Å². The van der Waals surface area contributed by atoms with Gasteiger partial charge in [0.2, 0.25) is 0 Å². The average Bonchev–Trinajstić information content (AvgIpc) is 2.70. The second kappa shape index (κ2) is 7.84. The van der Waals surface area contributed by atoms with Gasteiger partial charge in [-0.15, -0.1) is 11.3 Å². The van der Waals surface area contributed by atoms with Crippen LogP contribution in [0.1, 0.15) is 17.8 Å². The largest absolute Gasteiger partial charge is 0.376 e. The first-order chi connectivity index (χ1) is 8.13. The van der Waals surface area contributed by atoms with E-state index in [-0.39, 0.29) is 6.04 Å². The average molecular weight is 275 g/mol. The summed E-state index contributed by atoms with van der Waals surface area (Å²) in [4.78, 5) is 1.16. The third-order valence-corrected chi connectivity index (χ3v) is 3.55. The zero-order valence-electron chi connectivity index (χ0n) is 10.0. The molecule has 0 aliphatic carbocycles. The molecule has 3 N–H and O–H groups in total. The van der Waals surface area contributed by atoms with Crippen LogP contribution in [0.2, 0.25) is 5.02 Å². The van der Waals surface area contributed by atoms with E-state index in [9.17, 15) is 0 Å². The molecule has 1 rings (SSSR count). The van der Waals surface area contributed by atoms with Crippen molar-refractivity contribution in [1.82, 2.24) is 5.32 Å². The molecule has 0 saturated heterocycles. The molecule has 0 bridgehead atoms. The highest BCUT2D eigenvalue weighted by atomic mass is 35.5. The van der Waals surface area contributed by atoms with Crippen LogP contribution in [0.3, 0.4) is 0 Å². The molecule has 0 aliphatic rings. The van der Waals surface area contributed by atoms with Crippen LogP contribution in [0, 0.1) is 0 Å². The standard InChI is InChI=1S/C12H19ClN2OS/c1-9(2)7-16-4-3-15-11(6-14)12-5-10(13)8-17-12/h5,8,11,15H,1,3-4,6-7,14H2,2H3. The number of nitrogens with one attached hydrogen (secondary N) is 1. The van der Waals surface area contributed by atoms with Gasteiger partial charge in [0.05, 0.1) is 24.3 Å². The molecule has 0 radical (unpaired) electrons. The van der Waals surface area contributed by atoms with Gasteiger partial charge in [0.1, 0.15) is 0 Å². The van der Waals surface area contributed by atoms with Gasteiger partial charge in [-0.3, -0.25) is 0 Å². The van der Waals surface area contributed by atoms with Gasteiger partial charge in [-0.05, 0) is 13.0 Å². The molecule has 0 fully saturated rings. The number of nitrogens with two attached hydrogens (primary N) is 1. The van der Waals surface area contributed by atoms with E-state index in [0.717, 1.165) is 22.0 Å². The first kappa shape index (κ1) is 14.7. The molecule has 0 spiro atoms. The van der Waals surface area contributed by atoms with Crippen molar-refractivity contribution < 1.29 is 4.74 Å². The topological polar surface area (TPSA) is 47.3 Å². The molecule has 17 heavy (non-hydrogen) atoms. The Hall–Kier alpha value is -0.390. The van der Waals surface area contributed by atoms with E-state index in [1.807, 2.05) is 18.4 Å². The van der Waals surface area contributed by atoms with Crippen LogP contribution in [0.4, 0.5) is 0 Å². The molecular weight excluding hydrogens is 256 g/mol. The minimum atomic E-state index is 0.154. The highest BCUT2D eigenvalue weighted by molar-refractivity contribution is 7.10. The van der Waals surface area contributed by atoms with Gasteiger partial charge in [-0.2, -0.15) is 0 Å². The molecule has 1 heterocycles. The van der Waals surface area contributed by atoms with Crippen LogP contribution < -0.4 is 11.1 Å². The van der Waals surface area contributed by atoms with Gasteiger partial charge in [0.15, 0.2) is 0 Å². The summed E-state index contributed by atoms with van der Waals surface area (Å²) in [5.74, 6) is 0. The summed E-state index contributed by atoms with van der Waals surface area (Å²) in [7, 11) is 0. The van der Waals surface area contributed by atoms with Crippen molar-refractivity contribution in [2.45, 2.75) is 13.0 Å². The minimum absolute atomic E-state index is 0.154. The summed E-state index contributed by atoms with van der Waals surface area (Å²) < 4.78 is 5.41. The molecule has 1 atom stereocenters. The molecule has 3 nitrogen and oxygen atoms in total. The number of rotatable bonds is 8. The van der Waals surface area contributed by atoms with E-state index in [1.54, 1.807) is 11.3 Å². The minimum Gasteiger partial charge on any atom is -0.376 e. The monoisotopic (exact) mass is 274 g/mol. The Kier molecular flexibility index (Phi) is 6.77. The zero-order chi connectivity index (χ0) is 12.7. The van der Waals surface area contributed by atoms with Gasteiger partial charge in [-0.25, -0.2) is 0 Å². The van der Waals surface area contributed by atoms with E-state index in [0.29, 0.717) is 19.8 Å². The van der Waals surface area contributed by atoms with E-state index in [4.69, 9.17) is 22.1 Å². The Morgan fingerprint density at radius 1 is 1.71 bits per heavy atom. The summed E-state index contributed by atoms with van der Waals surface area (Å²) in [5.41, 5.74) is 6.76. The fourth-order valence-electron chi connectivity index (χ4n) is 1.36. The molecule has 0 saturated carbocycles. The number of hydrogen-bond donors (Lipinski definition) is 2. The lowest BCUT2D eigenvalue weighted by Crippen LogP contribution is -2.30. The Labute approximate surface area is 112 Å². The third-order valence-electron chi connectivity index (χ3n) is 2.15. The third kappa shape index (κ3) is 5.66. The Bertz CT molecular complexity index is 354. The number of thiophene rings is 1. The van der Waals surface area contributed by atoms with Crippen molar-refractivity contribution in [2.24, 2.45) is 5.73 Å². The maximum Gasteiger partial charge on any atom is 0.0672 e. The number of hydrogen-bond acceptors (Lipinski definition) is 4. The van der Waals surface area contributed by atoms with E-state index in [1.165, 1.54) is 0 Å². The lowest BCUT2D eigenvalue weighted by molar-refractivity contribution is 0.155. The second-order valence-corrected chi connectivity index (χ2v) is 5.30. The molecule has 1 aromatic rings. The van der Waals surface area contributed by atoms with Crippen LogP contribution in [0.5, 0.6) is 0 Å². The van der Waals surface area contributed by atoms with Gasteiger partial charge in [-0.1, -0.05) is 23.8 Å². The smallest absolute Gasteiger partial charge is 0.0672 e. The second-order valence-electron chi connectivity index (χ2n) is 3.92. The van der Waals surface area contributed by atoms with Crippen molar-refractivity contribution in [3.8, 4) is 0 Å². The van der Waals surface area contributed by atoms with Crippen molar-refractivity contribution in [3.63, 3.8) is 0 Å². The lowest BCUT2D eigenvalue weighted by Gasteiger charge is -2.15. The summed E-state index contributed by atoms with van der Waals surface area (Å²) in [5, 5.41) is 6.03. The maximum absolute atomic E-state index is 5.89. The lowest BCUT2D eigenvalue weighted by atomic mass is 10.2. The SMILES string of the molecule is C=C(C)COCCNC(CN)c1cc(Cl)cs1. The molecule has 5 heteroatoms. The molecule has 0 aromatic carbocycles. The van der Waals surface area contributed by atoms with Crippen molar-refractivity contribution in [3.05, 3.63) is 33.5 Å². The summed E-state index contributed by atoms with van der Waals surface area (Å²) in [6.07, 6.45) is 0. The predicted octanol–water partition coefficient (Wildman–Crippen LogP) is 2.58. The van der Waals surface area contributed by atoms with E-state index < -0.39 is 0 Å². The highest BCUT2D eigenvalue weighted by Gasteiger charge is 2.10. The summed E-state index contributed by atoms with van der Waals surface area (Å²) >= 11 is 7.51. The van der Waals surface area contributed by atoms with Crippen LogP contribution in [-0.4, -0.2) is 26.3 Å². The quantitative estimate of drug-likeness (QED) is 0.566. The van der Waals surface area contributed by atoms with Crippen LogP contribution >= 0.6 is 22.9 Å².